The molecule has 186 valence electrons. The van der Waals surface area contributed by atoms with Crippen molar-refractivity contribution in [2.45, 2.75) is 70.6 Å². The topological polar surface area (TPSA) is 92.7 Å². The zero-order valence-electron chi connectivity index (χ0n) is 20.7. The molecule has 3 aliphatic rings. The molecule has 1 aliphatic carbocycles. The van der Waals surface area contributed by atoms with Crippen molar-refractivity contribution in [2.24, 2.45) is 17.8 Å². The number of aliphatic hydroxyl groups excluding tert-OH is 1. The van der Waals surface area contributed by atoms with Crippen LogP contribution in [0, 0.1) is 17.8 Å². The number of hydrogen-bond acceptors (Lipinski definition) is 5. The standard InChI is InChI=1S/C29H35NO5/c1-18-9-7-13-22(31)15-16-25(32)35-29-23(14-8-10-18)27(33)20(3)19(2)26(29)24(30-28(29)34)17-21-11-5-4-6-12-21/h4-6,8,11-12,14-16,18,23-24,26-27,33H,7,9-10,13,17H2,1-3H3,(H,30,34)/t18-,23+,24+,26+,27-,29-/m1/s1. The summed E-state index contributed by atoms with van der Waals surface area (Å²) in [6.07, 6.45) is 8.56. The van der Waals surface area contributed by atoms with Gasteiger partial charge in [0, 0.05) is 18.5 Å². The highest BCUT2D eigenvalue weighted by Gasteiger charge is 2.66. The first-order valence-corrected chi connectivity index (χ1v) is 12.5. The van der Waals surface area contributed by atoms with E-state index in [9.17, 15) is 19.5 Å². The van der Waals surface area contributed by atoms with Crippen molar-refractivity contribution in [3.8, 4) is 0 Å². The molecule has 0 unspecified atom stereocenters. The van der Waals surface area contributed by atoms with Gasteiger partial charge in [0.1, 0.15) is 0 Å². The van der Waals surface area contributed by atoms with E-state index in [2.05, 4.69) is 12.2 Å². The lowest BCUT2D eigenvalue weighted by Crippen LogP contribution is -2.59. The van der Waals surface area contributed by atoms with Crippen LogP contribution in [-0.2, 0) is 25.5 Å². The number of allylic oxidation sites excluding steroid dienone is 2. The second-order valence-electron chi connectivity index (χ2n) is 10.3. The Bertz CT molecular complexity index is 1070. The molecule has 1 spiro atoms. The van der Waals surface area contributed by atoms with Gasteiger partial charge in [-0.3, -0.25) is 9.59 Å². The minimum absolute atomic E-state index is 0.138. The van der Waals surface area contributed by atoms with Crippen LogP contribution < -0.4 is 5.32 Å². The molecule has 4 rings (SSSR count). The van der Waals surface area contributed by atoms with Crippen molar-refractivity contribution < 1.29 is 24.2 Å². The maximum absolute atomic E-state index is 13.7. The fraction of sp³-hybridized carbons (Fsp3) is 0.483. The number of nitrogens with one attached hydrogen (secondary N) is 1. The average Bonchev–Trinajstić information content (AvgIpc) is 3.09. The molecule has 0 saturated carbocycles. The van der Waals surface area contributed by atoms with Gasteiger partial charge in [-0.25, -0.2) is 4.79 Å². The number of ketones is 1. The van der Waals surface area contributed by atoms with Gasteiger partial charge in [-0.05, 0) is 62.7 Å². The number of carbonyl (C=O) groups excluding carboxylic acids is 3. The molecule has 0 aromatic heterocycles. The highest BCUT2D eigenvalue weighted by molar-refractivity contribution is 5.98. The van der Waals surface area contributed by atoms with E-state index in [1.165, 1.54) is 6.08 Å². The third kappa shape index (κ3) is 4.90. The van der Waals surface area contributed by atoms with E-state index in [1.807, 2.05) is 56.3 Å². The Hall–Kier alpha value is -2.99. The maximum Gasteiger partial charge on any atom is 0.331 e. The monoisotopic (exact) mass is 477 g/mol. The van der Waals surface area contributed by atoms with Crippen molar-refractivity contribution in [1.82, 2.24) is 5.32 Å². The summed E-state index contributed by atoms with van der Waals surface area (Å²) >= 11 is 0. The molecule has 1 amide bonds. The summed E-state index contributed by atoms with van der Waals surface area (Å²) in [4.78, 5) is 39.0. The molecule has 2 heterocycles. The third-order valence-electron chi connectivity index (χ3n) is 7.88. The number of esters is 1. The fourth-order valence-electron chi connectivity index (χ4n) is 5.88. The first-order valence-electron chi connectivity index (χ1n) is 12.5. The smallest absolute Gasteiger partial charge is 0.331 e. The Morgan fingerprint density at radius 3 is 2.57 bits per heavy atom. The second-order valence-corrected chi connectivity index (χ2v) is 10.3. The third-order valence-corrected chi connectivity index (χ3v) is 7.88. The molecule has 0 radical (unpaired) electrons. The van der Waals surface area contributed by atoms with Gasteiger partial charge in [-0.1, -0.05) is 55.0 Å². The lowest BCUT2D eigenvalue weighted by molar-refractivity contribution is -0.175. The molecular weight excluding hydrogens is 442 g/mol. The molecule has 6 nitrogen and oxygen atoms in total. The van der Waals surface area contributed by atoms with Crippen LogP contribution in [0.15, 0.2) is 65.8 Å². The van der Waals surface area contributed by atoms with Gasteiger partial charge in [-0.15, -0.1) is 0 Å². The van der Waals surface area contributed by atoms with Crippen LogP contribution in [0.2, 0.25) is 0 Å². The fourth-order valence-corrected chi connectivity index (χ4v) is 5.88. The largest absolute Gasteiger partial charge is 0.444 e. The van der Waals surface area contributed by atoms with E-state index < -0.39 is 35.4 Å². The Morgan fingerprint density at radius 2 is 1.83 bits per heavy atom. The number of aliphatic hydroxyl groups is 1. The van der Waals surface area contributed by atoms with E-state index in [0.717, 1.165) is 42.0 Å². The van der Waals surface area contributed by atoms with Crippen LogP contribution in [0.5, 0.6) is 0 Å². The van der Waals surface area contributed by atoms with Gasteiger partial charge < -0.3 is 15.2 Å². The summed E-state index contributed by atoms with van der Waals surface area (Å²) in [6, 6.07) is 9.56. The quantitative estimate of drug-likeness (QED) is 0.499. The molecule has 1 saturated heterocycles. The van der Waals surface area contributed by atoms with Crippen molar-refractivity contribution in [3.63, 3.8) is 0 Å². The van der Waals surface area contributed by atoms with E-state index in [-0.39, 0.29) is 11.8 Å². The minimum Gasteiger partial charge on any atom is -0.444 e. The predicted octanol–water partition coefficient (Wildman–Crippen LogP) is 3.84. The van der Waals surface area contributed by atoms with Gasteiger partial charge in [-0.2, -0.15) is 0 Å². The molecule has 2 N–H and O–H groups in total. The molecule has 1 aromatic carbocycles. The first-order chi connectivity index (χ1) is 16.7. The van der Waals surface area contributed by atoms with E-state index >= 15 is 0 Å². The van der Waals surface area contributed by atoms with Gasteiger partial charge in [0.05, 0.1) is 17.9 Å². The SMILES string of the molecule is CC1=C(C)[C@H]2[C@H](Cc3ccccc3)NC(=O)[C@]23OC(=O)C=CC(=O)CCC[C@@H](C)CC=C[C@H]3[C@@H]1O. The molecule has 35 heavy (non-hydrogen) atoms. The summed E-state index contributed by atoms with van der Waals surface area (Å²) < 4.78 is 6.02. The lowest BCUT2D eigenvalue weighted by Gasteiger charge is -2.45. The first kappa shape index (κ1) is 25.1. The Balaban J connectivity index is 1.81. The number of hydrogen-bond donors (Lipinski definition) is 2. The lowest BCUT2D eigenvalue weighted by atomic mass is 9.63. The molecule has 0 bridgehead atoms. The number of ether oxygens (including phenoxy) is 1. The van der Waals surface area contributed by atoms with Crippen molar-refractivity contribution in [2.75, 3.05) is 0 Å². The summed E-state index contributed by atoms with van der Waals surface area (Å²) in [5.41, 5.74) is 1.11. The zero-order valence-corrected chi connectivity index (χ0v) is 20.7. The average molecular weight is 478 g/mol. The second kappa shape index (κ2) is 10.3. The van der Waals surface area contributed by atoms with Gasteiger partial charge in [0.2, 0.25) is 5.60 Å². The van der Waals surface area contributed by atoms with Crippen molar-refractivity contribution in [3.05, 3.63) is 71.3 Å². The summed E-state index contributed by atoms with van der Waals surface area (Å²) in [5.74, 6) is -2.13. The van der Waals surface area contributed by atoms with Crippen LogP contribution in [-0.4, -0.2) is 40.5 Å². The molecule has 1 aromatic rings. The molecule has 1 fully saturated rings. The summed E-state index contributed by atoms with van der Waals surface area (Å²) in [7, 11) is 0. The van der Waals surface area contributed by atoms with Crippen LogP contribution in [0.4, 0.5) is 0 Å². The zero-order chi connectivity index (χ0) is 25.2. The van der Waals surface area contributed by atoms with E-state index in [4.69, 9.17) is 4.74 Å². The highest BCUT2D eigenvalue weighted by Crippen LogP contribution is 2.50. The highest BCUT2D eigenvalue weighted by atomic mass is 16.6. The summed E-state index contributed by atoms with van der Waals surface area (Å²) in [5, 5.41) is 14.4. The van der Waals surface area contributed by atoms with E-state index in [1.54, 1.807) is 0 Å². The van der Waals surface area contributed by atoms with Crippen LogP contribution >= 0.6 is 0 Å². The van der Waals surface area contributed by atoms with Gasteiger partial charge in [0.15, 0.2) is 5.78 Å². The van der Waals surface area contributed by atoms with Crippen LogP contribution in [0.25, 0.3) is 0 Å². The van der Waals surface area contributed by atoms with Crippen LogP contribution in [0.3, 0.4) is 0 Å². The number of benzene rings is 1. The number of amides is 1. The molecular formula is C29H35NO5. The minimum atomic E-state index is -1.60. The number of carbonyl (C=O) groups is 3. The molecule has 6 atom stereocenters. The number of rotatable bonds is 2. The maximum atomic E-state index is 13.7. The Labute approximate surface area is 207 Å². The predicted molar refractivity (Wildman–Crippen MR) is 133 cm³/mol. The molecule has 6 heteroatoms. The Morgan fingerprint density at radius 1 is 1.09 bits per heavy atom. The van der Waals surface area contributed by atoms with E-state index in [0.29, 0.717) is 18.8 Å². The van der Waals surface area contributed by atoms with Crippen molar-refractivity contribution >= 4 is 17.7 Å². The normalized spacial score (nSPS) is 34.1. The molecule has 2 aliphatic heterocycles. The van der Waals surface area contributed by atoms with Crippen molar-refractivity contribution in [1.29, 1.82) is 0 Å². The Kier molecular flexibility index (Phi) is 7.41. The van der Waals surface area contributed by atoms with Gasteiger partial charge in [0.25, 0.3) is 5.91 Å². The van der Waals surface area contributed by atoms with Crippen LogP contribution in [0.1, 0.15) is 52.0 Å². The van der Waals surface area contributed by atoms with Gasteiger partial charge >= 0.3 is 5.97 Å². The summed E-state index contributed by atoms with van der Waals surface area (Å²) in [6.45, 7) is 5.91.